The Labute approximate surface area is 217 Å². The number of carbonyl (C=O) groups excluding carboxylic acids is 2. The van der Waals surface area contributed by atoms with Crippen LogP contribution in [0.2, 0.25) is 0 Å². The lowest BCUT2D eigenvalue weighted by Gasteiger charge is -2.22. The number of Topliss-reactive ketones (excluding diaryl/α,β-unsaturated/α-hetero) is 1. The van der Waals surface area contributed by atoms with Gasteiger partial charge < -0.3 is 14.4 Å². The van der Waals surface area contributed by atoms with E-state index in [4.69, 9.17) is 4.74 Å². The third-order valence-corrected chi connectivity index (χ3v) is 8.24. The smallest absolute Gasteiger partial charge is 0.325 e. The van der Waals surface area contributed by atoms with Crippen LogP contribution >= 0.6 is 0 Å². The first kappa shape index (κ1) is 27.1. The number of carbonyl (C=O) groups is 2. The van der Waals surface area contributed by atoms with Gasteiger partial charge in [0, 0.05) is 41.7 Å². The molecule has 1 aliphatic heterocycles. The van der Waals surface area contributed by atoms with Gasteiger partial charge in [-0.05, 0) is 50.2 Å². The lowest BCUT2D eigenvalue weighted by molar-refractivity contribution is -0.387. The number of hydrogen-bond acceptors (Lipinski definition) is 8. The van der Waals surface area contributed by atoms with Gasteiger partial charge in [-0.15, -0.1) is 0 Å². The van der Waals surface area contributed by atoms with Crippen LogP contribution in [0.4, 0.5) is 10.1 Å². The summed E-state index contributed by atoms with van der Waals surface area (Å²) in [5, 5.41) is 21.5. The number of halogens is 1. The maximum atomic E-state index is 13.3. The molecule has 0 bridgehead atoms. The summed E-state index contributed by atoms with van der Waals surface area (Å²) in [7, 11) is -4.56. The van der Waals surface area contributed by atoms with Crippen LogP contribution in [0.5, 0.6) is 0 Å². The molecule has 2 unspecified atom stereocenters. The largest absolute Gasteiger partial charge is 0.456 e. The number of aryl methyl sites for hydroxylation is 1. The molecule has 3 aromatic rings. The Bertz CT molecular complexity index is 1520. The lowest BCUT2D eigenvalue weighted by Crippen LogP contribution is -2.42. The second kappa shape index (κ2) is 10.4. The number of nitrogens with zero attached hydrogens (tertiary/aromatic N) is 3. The molecule has 200 valence electrons. The molecule has 0 spiro atoms. The zero-order valence-corrected chi connectivity index (χ0v) is 21.2. The van der Waals surface area contributed by atoms with Gasteiger partial charge in [0.05, 0.1) is 11.0 Å². The van der Waals surface area contributed by atoms with E-state index in [0.29, 0.717) is 21.4 Å². The number of ether oxygens (including phenoxy) is 1. The summed E-state index contributed by atoms with van der Waals surface area (Å²) < 4.78 is 47.3. The second-order valence-electron chi connectivity index (χ2n) is 8.83. The number of esters is 1. The van der Waals surface area contributed by atoms with Crippen LogP contribution in [0.1, 0.15) is 28.2 Å². The highest BCUT2D eigenvalue weighted by molar-refractivity contribution is 7.89. The molecular weight excluding hydrogens is 521 g/mol. The van der Waals surface area contributed by atoms with E-state index < -0.39 is 68.4 Å². The number of benzene rings is 2. The third-order valence-electron chi connectivity index (χ3n) is 6.32. The minimum absolute atomic E-state index is 0.260. The highest BCUT2D eigenvalue weighted by Gasteiger charge is 2.46. The molecule has 38 heavy (non-hydrogen) atoms. The minimum Gasteiger partial charge on any atom is -0.456 e. The van der Waals surface area contributed by atoms with Crippen molar-refractivity contribution in [2.24, 2.45) is 0 Å². The molecule has 0 radical (unpaired) electrons. The Balaban J connectivity index is 1.52. The molecule has 0 amide bonds. The first-order valence-electron chi connectivity index (χ1n) is 11.5. The normalized spacial score (nSPS) is 17.9. The van der Waals surface area contributed by atoms with Crippen LogP contribution < -0.4 is 0 Å². The number of nitro benzene ring substituents is 1. The molecule has 0 aliphatic carbocycles. The van der Waals surface area contributed by atoms with Crippen LogP contribution in [0.25, 0.3) is 5.69 Å². The van der Waals surface area contributed by atoms with Crippen molar-refractivity contribution in [2.75, 3.05) is 13.2 Å². The van der Waals surface area contributed by atoms with Crippen molar-refractivity contribution in [1.82, 2.24) is 8.87 Å². The predicted molar refractivity (Wildman–Crippen MR) is 132 cm³/mol. The molecule has 0 saturated carbocycles. The average Bonchev–Trinajstić information content (AvgIpc) is 3.42. The van der Waals surface area contributed by atoms with E-state index >= 15 is 0 Å². The van der Waals surface area contributed by atoms with Crippen LogP contribution in [0, 0.1) is 29.8 Å². The number of β-amino-alcohol motifs (C(OH)–C–C–N with tert-alkyl or cyclic N) is 1. The van der Waals surface area contributed by atoms with Crippen molar-refractivity contribution < 1.29 is 37.2 Å². The summed E-state index contributed by atoms with van der Waals surface area (Å²) in [6.45, 7) is 2.27. The fourth-order valence-corrected chi connectivity index (χ4v) is 6.35. The van der Waals surface area contributed by atoms with Crippen molar-refractivity contribution in [3.05, 3.63) is 87.5 Å². The fourth-order valence-electron chi connectivity index (χ4n) is 4.56. The van der Waals surface area contributed by atoms with E-state index in [-0.39, 0.29) is 12.0 Å². The summed E-state index contributed by atoms with van der Waals surface area (Å²) in [6, 6.07) is 10.5. The Kier molecular flexibility index (Phi) is 7.44. The van der Waals surface area contributed by atoms with Crippen molar-refractivity contribution >= 4 is 27.5 Å². The number of ketones is 1. The van der Waals surface area contributed by atoms with Gasteiger partial charge in [-0.2, -0.15) is 4.31 Å². The maximum Gasteiger partial charge on any atom is 0.325 e. The van der Waals surface area contributed by atoms with Gasteiger partial charge in [0.15, 0.2) is 11.5 Å². The zero-order valence-electron chi connectivity index (χ0n) is 20.4. The Morgan fingerprint density at radius 1 is 1.16 bits per heavy atom. The molecule has 13 heteroatoms. The Morgan fingerprint density at radius 2 is 1.82 bits per heavy atom. The highest BCUT2D eigenvalue weighted by Crippen LogP contribution is 2.32. The zero-order chi connectivity index (χ0) is 27.8. The molecular formula is C25H24FN3O8S. The first-order valence-corrected chi connectivity index (χ1v) is 12.9. The quantitative estimate of drug-likeness (QED) is 0.197. The number of sulfonamides is 1. The van der Waals surface area contributed by atoms with E-state index in [1.54, 1.807) is 36.6 Å². The molecule has 2 heterocycles. The minimum atomic E-state index is -4.56. The molecule has 11 nitrogen and oxygen atoms in total. The molecule has 1 fully saturated rings. The van der Waals surface area contributed by atoms with Crippen LogP contribution in [0.15, 0.2) is 59.5 Å². The Hall–Kier alpha value is -3.94. The topological polar surface area (TPSA) is 149 Å². The molecule has 2 aromatic carbocycles. The third kappa shape index (κ3) is 5.08. The molecule has 2 atom stereocenters. The van der Waals surface area contributed by atoms with Crippen molar-refractivity contribution in [3.63, 3.8) is 0 Å². The summed E-state index contributed by atoms with van der Waals surface area (Å²) >= 11 is 0. The highest BCUT2D eigenvalue weighted by atomic mass is 32.2. The van der Waals surface area contributed by atoms with E-state index in [1.807, 2.05) is 0 Å². The van der Waals surface area contributed by atoms with Gasteiger partial charge >= 0.3 is 5.97 Å². The van der Waals surface area contributed by atoms with Crippen LogP contribution in [-0.2, 0) is 19.6 Å². The summed E-state index contributed by atoms with van der Waals surface area (Å²) in [5.41, 5.74) is 1.44. The van der Waals surface area contributed by atoms with Crippen LogP contribution in [0.3, 0.4) is 0 Å². The molecule has 1 N–H and O–H groups in total. The van der Waals surface area contributed by atoms with E-state index in [9.17, 15) is 37.6 Å². The van der Waals surface area contributed by atoms with Gasteiger partial charge in [0.2, 0.25) is 5.78 Å². The Morgan fingerprint density at radius 3 is 2.47 bits per heavy atom. The molecule has 1 saturated heterocycles. The van der Waals surface area contributed by atoms with E-state index in [0.717, 1.165) is 12.1 Å². The predicted octanol–water partition coefficient (Wildman–Crippen LogP) is 2.69. The first-order chi connectivity index (χ1) is 17.9. The molecule has 1 aromatic heterocycles. The van der Waals surface area contributed by atoms with Crippen molar-refractivity contribution in [3.8, 4) is 5.69 Å². The second-order valence-corrected chi connectivity index (χ2v) is 10.7. The molecule has 1 aliphatic rings. The van der Waals surface area contributed by atoms with Gasteiger partial charge in [-0.25, -0.2) is 12.8 Å². The number of para-hydroxylation sites is 1. The number of aliphatic hydroxyl groups is 1. The van der Waals surface area contributed by atoms with E-state index in [1.165, 1.54) is 24.3 Å². The van der Waals surface area contributed by atoms with Crippen molar-refractivity contribution in [1.29, 1.82) is 0 Å². The van der Waals surface area contributed by atoms with Gasteiger partial charge in [-0.3, -0.25) is 19.7 Å². The summed E-state index contributed by atoms with van der Waals surface area (Å²) in [6.07, 6.45) is -1.51. The number of aromatic nitrogens is 1. The van der Waals surface area contributed by atoms with Gasteiger partial charge in [-0.1, -0.05) is 12.1 Å². The number of aliphatic hydroxyl groups excluding tert-OH is 1. The number of hydrogen-bond donors (Lipinski definition) is 1. The number of rotatable bonds is 8. The summed E-state index contributed by atoms with van der Waals surface area (Å²) in [4.78, 5) is 35.7. The lowest BCUT2D eigenvalue weighted by atomic mass is 10.1. The number of nitro groups is 1. The molecule has 4 rings (SSSR count). The standard InChI is InChI=1S/C25H24FN3O8S/c1-15-11-20(16(2)28(15)18-9-7-17(26)8-10-18)23(31)14-37-25(32)22-12-19(30)13-27(22)38(35,36)24-6-4-3-5-21(24)29(33)34/h3-11,19,22,30H,12-14H2,1-2H3. The van der Waals surface area contributed by atoms with Gasteiger partial charge in [0.1, 0.15) is 11.9 Å². The SMILES string of the molecule is Cc1cc(C(=O)COC(=O)C2CC(O)CN2S(=O)(=O)c2ccccc2[N+](=O)[O-])c(C)n1-c1ccc(F)cc1. The van der Waals surface area contributed by atoms with E-state index in [2.05, 4.69) is 0 Å². The van der Waals surface area contributed by atoms with Crippen LogP contribution in [-0.4, -0.2) is 64.4 Å². The van der Waals surface area contributed by atoms with Gasteiger partial charge in [0.25, 0.3) is 15.7 Å². The average molecular weight is 546 g/mol. The summed E-state index contributed by atoms with van der Waals surface area (Å²) in [5.74, 6) is -2.02. The fraction of sp³-hybridized carbons (Fsp3) is 0.280. The maximum absolute atomic E-state index is 13.3. The monoisotopic (exact) mass is 545 g/mol. The van der Waals surface area contributed by atoms with Crippen molar-refractivity contribution in [2.45, 2.75) is 37.3 Å².